The fraction of sp³-hybridized carbons (Fsp3) is 0.381. The second-order valence-corrected chi connectivity index (χ2v) is 9.08. The number of nitrogens with one attached hydrogen (secondary N) is 2. The lowest BCUT2D eigenvalue weighted by Gasteiger charge is -2.34. The molecule has 162 valence electrons. The largest absolute Gasteiger partial charge is 0.369 e. The van der Waals surface area contributed by atoms with Crippen LogP contribution in [0, 0.1) is 5.82 Å². The Morgan fingerprint density at radius 3 is 2.20 bits per heavy atom. The zero-order chi connectivity index (χ0) is 21.7. The first-order chi connectivity index (χ1) is 14.3. The van der Waals surface area contributed by atoms with Crippen LogP contribution in [0.2, 0.25) is 0 Å². The summed E-state index contributed by atoms with van der Waals surface area (Å²) in [6.45, 7) is 5.63. The van der Waals surface area contributed by atoms with E-state index in [4.69, 9.17) is 0 Å². The third kappa shape index (κ3) is 5.56. The van der Waals surface area contributed by atoms with Gasteiger partial charge in [0.2, 0.25) is 15.9 Å². The molecule has 2 aromatic carbocycles. The lowest BCUT2D eigenvalue weighted by molar-refractivity contribution is -0.117. The van der Waals surface area contributed by atoms with E-state index in [2.05, 4.69) is 26.9 Å². The van der Waals surface area contributed by atoms with E-state index in [9.17, 15) is 17.6 Å². The van der Waals surface area contributed by atoms with Gasteiger partial charge in [-0.25, -0.2) is 12.8 Å². The van der Waals surface area contributed by atoms with Gasteiger partial charge in [0.15, 0.2) is 0 Å². The van der Waals surface area contributed by atoms with Crippen molar-refractivity contribution in [1.29, 1.82) is 0 Å². The molecule has 1 amide bonds. The zero-order valence-corrected chi connectivity index (χ0v) is 18.0. The number of likely N-dealkylation sites (N-methyl/N-ethyl adjacent to an activating group) is 1. The lowest BCUT2D eigenvalue weighted by atomic mass is 10.2. The summed E-state index contributed by atoms with van der Waals surface area (Å²) in [6, 6.07) is 11.0. The first kappa shape index (κ1) is 22.2. The smallest absolute Gasteiger partial charge is 0.242 e. The first-order valence-electron chi connectivity index (χ1n) is 9.91. The molecule has 1 aliphatic rings. The second-order valence-electron chi connectivity index (χ2n) is 7.36. The number of benzene rings is 2. The van der Waals surface area contributed by atoms with E-state index < -0.39 is 27.8 Å². The third-order valence-electron chi connectivity index (χ3n) is 5.15. The van der Waals surface area contributed by atoms with Crippen LogP contribution in [-0.4, -0.2) is 58.5 Å². The van der Waals surface area contributed by atoms with Gasteiger partial charge in [0, 0.05) is 37.6 Å². The fourth-order valence-electron chi connectivity index (χ4n) is 3.24. The van der Waals surface area contributed by atoms with Gasteiger partial charge in [-0.05, 0) is 62.0 Å². The van der Waals surface area contributed by atoms with Crippen LogP contribution in [0.5, 0.6) is 0 Å². The number of anilines is 2. The SMILES string of the molecule is CCC(NS(=O)(=O)c1ccc(F)cc1)C(=O)Nc1ccc(N2CCN(C)CC2)cc1. The Balaban J connectivity index is 1.62. The predicted molar refractivity (Wildman–Crippen MR) is 116 cm³/mol. The van der Waals surface area contributed by atoms with Crippen molar-refractivity contribution in [3.63, 3.8) is 0 Å². The molecule has 1 unspecified atom stereocenters. The normalized spacial score (nSPS) is 16.3. The van der Waals surface area contributed by atoms with Gasteiger partial charge < -0.3 is 15.1 Å². The Morgan fingerprint density at radius 1 is 1.03 bits per heavy atom. The van der Waals surface area contributed by atoms with Gasteiger partial charge in [0.25, 0.3) is 0 Å². The molecule has 3 rings (SSSR count). The third-order valence-corrected chi connectivity index (χ3v) is 6.64. The lowest BCUT2D eigenvalue weighted by Crippen LogP contribution is -2.44. The number of amides is 1. The van der Waals surface area contributed by atoms with Gasteiger partial charge in [-0.2, -0.15) is 4.72 Å². The van der Waals surface area contributed by atoms with Crippen LogP contribution in [0.15, 0.2) is 53.4 Å². The quantitative estimate of drug-likeness (QED) is 0.699. The molecule has 9 heteroatoms. The van der Waals surface area contributed by atoms with Gasteiger partial charge in [-0.1, -0.05) is 6.92 Å². The molecular formula is C21H27FN4O3S. The molecule has 30 heavy (non-hydrogen) atoms. The summed E-state index contributed by atoms with van der Waals surface area (Å²) in [7, 11) is -1.84. The van der Waals surface area contributed by atoms with E-state index >= 15 is 0 Å². The Kier molecular flexibility index (Phi) is 7.06. The predicted octanol–water partition coefficient (Wildman–Crippen LogP) is 2.27. The van der Waals surface area contributed by atoms with Crippen molar-refractivity contribution in [2.45, 2.75) is 24.3 Å². The monoisotopic (exact) mass is 434 g/mol. The molecule has 0 saturated carbocycles. The highest BCUT2D eigenvalue weighted by Gasteiger charge is 2.24. The Morgan fingerprint density at radius 2 is 1.63 bits per heavy atom. The summed E-state index contributed by atoms with van der Waals surface area (Å²) in [4.78, 5) is 17.1. The molecule has 1 fully saturated rings. The van der Waals surface area contributed by atoms with Crippen LogP contribution >= 0.6 is 0 Å². The van der Waals surface area contributed by atoms with Gasteiger partial charge in [0.1, 0.15) is 11.9 Å². The highest BCUT2D eigenvalue weighted by Crippen LogP contribution is 2.20. The summed E-state index contributed by atoms with van der Waals surface area (Å²) in [5.74, 6) is -0.978. The Labute approximate surface area is 176 Å². The molecule has 0 bridgehead atoms. The summed E-state index contributed by atoms with van der Waals surface area (Å²) >= 11 is 0. The van der Waals surface area contributed by atoms with Gasteiger partial charge >= 0.3 is 0 Å². The summed E-state index contributed by atoms with van der Waals surface area (Å²) in [5.41, 5.74) is 1.68. The van der Waals surface area contributed by atoms with Crippen LogP contribution < -0.4 is 14.9 Å². The minimum absolute atomic E-state index is 0.0910. The van der Waals surface area contributed by atoms with E-state index in [0.717, 1.165) is 44.0 Å². The Bertz CT molecular complexity index is 957. The van der Waals surface area contributed by atoms with Crippen LogP contribution in [0.25, 0.3) is 0 Å². The highest BCUT2D eigenvalue weighted by atomic mass is 32.2. The molecule has 0 radical (unpaired) electrons. The average molecular weight is 435 g/mol. The molecule has 1 aliphatic heterocycles. The maximum atomic E-state index is 13.1. The number of piperazine rings is 1. The van der Waals surface area contributed by atoms with E-state index in [-0.39, 0.29) is 11.3 Å². The standard InChI is InChI=1S/C21H27FN4O3S/c1-3-20(24-30(28,29)19-10-4-16(22)5-11-19)21(27)23-17-6-8-18(9-7-17)26-14-12-25(2)13-15-26/h4-11,20,24H,3,12-15H2,1-2H3,(H,23,27). The van der Waals surface area contributed by atoms with Crippen LogP contribution in [0.4, 0.5) is 15.8 Å². The summed E-state index contributed by atoms with van der Waals surface area (Å²) in [5, 5.41) is 2.76. The van der Waals surface area contributed by atoms with Crippen molar-refractivity contribution in [3.05, 3.63) is 54.3 Å². The molecule has 2 N–H and O–H groups in total. The van der Waals surface area contributed by atoms with E-state index in [1.807, 2.05) is 24.3 Å². The molecule has 1 atom stereocenters. The molecule has 0 aliphatic carbocycles. The van der Waals surface area contributed by atoms with E-state index in [0.29, 0.717) is 5.69 Å². The average Bonchev–Trinajstić information content (AvgIpc) is 2.73. The van der Waals surface area contributed by atoms with Crippen molar-refractivity contribution >= 4 is 27.3 Å². The number of rotatable bonds is 7. The van der Waals surface area contributed by atoms with E-state index in [1.54, 1.807) is 6.92 Å². The Hall–Kier alpha value is -2.49. The molecule has 7 nitrogen and oxygen atoms in total. The second kappa shape index (κ2) is 9.55. The number of carbonyl (C=O) groups excluding carboxylic acids is 1. The van der Waals surface area contributed by atoms with Crippen LogP contribution in [0.1, 0.15) is 13.3 Å². The summed E-state index contributed by atoms with van der Waals surface area (Å²) in [6.07, 6.45) is 0.269. The van der Waals surface area contributed by atoms with Crippen molar-refractivity contribution in [1.82, 2.24) is 9.62 Å². The van der Waals surface area contributed by atoms with Crippen LogP contribution in [-0.2, 0) is 14.8 Å². The molecular weight excluding hydrogens is 407 g/mol. The zero-order valence-electron chi connectivity index (χ0n) is 17.1. The molecule has 0 aromatic heterocycles. The number of hydrogen-bond acceptors (Lipinski definition) is 5. The molecule has 0 spiro atoms. The van der Waals surface area contributed by atoms with Gasteiger partial charge in [0.05, 0.1) is 4.90 Å². The minimum atomic E-state index is -3.94. The fourth-order valence-corrected chi connectivity index (χ4v) is 4.52. The van der Waals surface area contributed by atoms with Crippen molar-refractivity contribution in [3.8, 4) is 0 Å². The van der Waals surface area contributed by atoms with Gasteiger partial charge in [-0.3, -0.25) is 4.79 Å². The van der Waals surface area contributed by atoms with Crippen molar-refractivity contribution in [2.24, 2.45) is 0 Å². The topological polar surface area (TPSA) is 81.7 Å². The minimum Gasteiger partial charge on any atom is -0.369 e. The molecule has 2 aromatic rings. The van der Waals surface area contributed by atoms with Gasteiger partial charge in [-0.15, -0.1) is 0 Å². The van der Waals surface area contributed by atoms with E-state index in [1.165, 1.54) is 12.1 Å². The number of halogens is 1. The first-order valence-corrected chi connectivity index (χ1v) is 11.4. The van der Waals surface area contributed by atoms with Crippen molar-refractivity contribution < 1.29 is 17.6 Å². The number of hydrogen-bond donors (Lipinski definition) is 2. The maximum Gasteiger partial charge on any atom is 0.242 e. The number of nitrogens with zero attached hydrogens (tertiary/aromatic N) is 2. The van der Waals surface area contributed by atoms with Crippen LogP contribution in [0.3, 0.4) is 0 Å². The maximum absolute atomic E-state index is 13.1. The number of carbonyl (C=O) groups is 1. The van der Waals surface area contributed by atoms with Crippen molar-refractivity contribution in [2.75, 3.05) is 43.4 Å². The highest BCUT2D eigenvalue weighted by molar-refractivity contribution is 7.89. The molecule has 1 heterocycles. The number of sulfonamides is 1. The summed E-state index contributed by atoms with van der Waals surface area (Å²) < 4.78 is 40.4. The molecule has 1 saturated heterocycles.